The van der Waals surface area contributed by atoms with Crippen LogP contribution in [0.3, 0.4) is 0 Å². The molecule has 0 N–H and O–H groups in total. The van der Waals surface area contributed by atoms with Gasteiger partial charge in [0.25, 0.3) is 5.69 Å². The number of piperazine rings is 1. The molecular weight excluding hydrogens is 444 g/mol. The van der Waals surface area contributed by atoms with E-state index in [1.807, 2.05) is 36.4 Å². The summed E-state index contributed by atoms with van der Waals surface area (Å²) in [6.45, 7) is 5.16. The second-order valence-electron chi connectivity index (χ2n) is 8.22. The maximum atomic E-state index is 11.8. The van der Waals surface area contributed by atoms with E-state index in [-0.39, 0.29) is 23.0 Å². The highest BCUT2D eigenvalue weighted by molar-refractivity contribution is 5.85. The van der Waals surface area contributed by atoms with Crippen LogP contribution in [0.5, 0.6) is 0 Å². The number of ether oxygens (including phenoxy) is 1. The van der Waals surface area contributed by atoms with Gasteiger partial charge >= 0.3 is 5.97 Å². The molecule has 1 fully saturated rings. The van der Waals surface area contributed by atoms with Crippen LogP contribution >= 0.6 is 0 Å². The predicted molar refractivity (Wildman–Crippen MR) is 138 cm³/mol. The first kappa shape index (κ1) is 23.9. The van der Waals surface area contributed by atoms with E-state index >= 15 is 0 Å². The van der Waals surface area contributed by atoms with Crippen molar-refractivity contribution in [1.82, 2.24) is 0 Å². The minimum Gasteiger partial charge on any atom is -0.466 e. The van der Waals surface area contributed by atoms with Crippen LogP contribution < -0.4 is 9.80 Å². The molecule has 3 aromatic rings. The molecule has 8 nitrogen and oxygen atoms in total. The number of benzene rings is 3. The Labute approximate surface area is 204 Å². The number of carbonyl (C=O) groups excluding carboxylic acids is 1. The van der Waals surface area contributed by atoms with Crippen LogP contribution in [0.1, 0.15) is 18.1 Å². The molecule has 0 spiro atoms. The number of anilines is 2. The quantitative estimate of drug-likeness (QED) is 0.203. The Kier molecular flexibility index (Phi) is 7.72. The third kappa shape index (κ3) is 6.23. The van der Waals surface area contributed by atoms with Crippen molar-refractivity contribution in [3.05, 3.63) is 94.0 Å². The number of nitrogens with zero attached hydrogens (tertiary/aromatic N) is 4. The van der Waals surface area contributed by atoms with Crippen molar-refractivity contribution in [3.8, 4) is 0 Å². The average Bonchev–Trinajstić information content (AvgIpc) is 2.89. The Morgan fingerprint density at radius 1 is 1.00 bits per heavy atom. The molecular formula is C27H28N4O4. The molecule has 0 unspecified atom stereocenters. The van der Waals surface area contributed by atoms with Crippen molar-refractivity contribution in [1.29, 1.82) is 0 Å². The maximum absolute atomic E-state index is 11.8. The standard InChI is InChI=1S/C27H28N4O4/c1-2-35-27(32)19-21-8-11-23(12-9-21)28-20-22-10-13-25(26(18-22)31(33)34)30-16-14-29(15-17-30)24-6-4-3-5-7-24/h3-13,18,20H,2,14-17,19H2,1H3. The SMILES string of the molecule is CCOC(=O)Cc1ccc(N=Cc2ccc(N3CCN(c4ccccc4)CC3)c([N+](=O)[O-])c2)cc1. The molecule has 0 bridgehead atoms. The Morgan fingerprint density at radius 3 is 2.34 bits per heavy atom. The van der Waals surface area contributed by atoms with Gasteiger partial charge in [0.15, 0.2) is 0 Å². The van der Waals surface area contributed by atoms with E-state index in [4.69, 9.17) is 4.74 Å². The molecule has 4 rings (SSSR count). The number of nitro groups is 1. The Bertz CT molecular complexity index is 1190. The summed E-state index contributed by atoms with van der Waals surface area (Å²) >= 11 is 0. The van der Waals surface area contributed by atoms with Crippen LogP contribution in [0.4, 0.5) is 22.7 Å². The van der Waals surface area contributed by atoms with E-state index in [9.17, 15) is 14.9 Å². The van der Waals surface area contributed by atoms with Gasteiger partial charge in [0.2, 0.25) is 0 Å². The van der Waals surface area contributed by atoms with Gasteiger partial charge in [-0.05, 0) is 48.4 Å². The van der Waals surface area contributed by atoms with E-state index in [0.717, 1.165) is 18.7 Å². The minimum absolute atomic E-state index is 0.0758. The van der Waals surface area contributed by atoms with Crippen molar-refractivity contribution >= 4 is 34.9 Å². The molecule has 1 saturated heterocycles. The smallest absolute Gasteiger partial charge is 0.310 e. The third-order valence-corrected chi connectivity index (χ3v) is 5.89. The second-order valence-corrected chi connectivity index (χ2v) is 8.22. The van der Waals surface area contributed by atoms with Gasteiger partial charge in [0.1, 0.15) is 5.69 Å². The highest BCUT2D eigenvalue weighted by Gasteiger charge is 2.24. The first-order chi connectivity index (χ1) is 17.0. The summed E-state index contributed by atoms with van der Waals surface area (Å²) < 4.78 is 4.96. The van der Waals surface area contributed by atoms with Crippen LogP contribution in [0.2, 0.25) is 0 Å². The van der Waals surface area contributed by atoms with E-state index in [1.54, 1.807) is 37.4 Å². The molecule has 8 heteroatoms. The van der Waals surface area contributed by atoms with Crippen molar-refractivity contribution in [3.63, 3.8) is 0 Å². The molecule has 0 saturated carbocycles. The summed E-state index contributed by atoms with van der Waals surface area (Å²) in [5.74, 6) is -0.266. The highest BCUT2D eigenvalue weighted by atomic mass is 16.6. The molecule has 180 valence electrons. The van der Waals surface area contributed by atoms with E-state index < -0.39 is 0 Å². The van der Waals surface area contributed by atoms with Gasteiger partial charge in [-0.25, -0.2) is 0 Å². The molecule has 1 aliphatic rings. The molecule has 0 atom stereocenters. The summed E-state index contributed by atoms with van der Waals surface area (Å²) in [6, 6.07) is 22.7. The lowest BCUT2D eigenvalue weighted by molar-refractivity contribution is -0.384. The van der Waals surface area contributed by atoms with Crippen LogP contribution in [0, 0.1) is 10.1 Å². The summed E-state index contributed by atoms with van der Waals surface area (Å²) in [7, 11) is 0. The predicted octanol–water partition coefficient (Wildman–Crippen LogP) is 4.78. The molecule has 0 amide bonds. The van der Waals surface area contributed by atoms with Gasteiger partial charge < -0.3 is 14.5 Å². The fourth-order valence-electron chi connectivity index (χ4n) is 4.11. The maximum Gasteiger partial charge on any atom is 0.310 e. The van der Waals surface area contributed by atoms with Crippen LogP contribution in [-0.2, 0) is 16.0 Å². The van der Waals surface area contributed by atoms with Gasteiger partial charge in [-0.3, -0.25) is 19.9 Å². The summed E-state index contributed by atoms with van der Waals surface area (Å²) in [5.41, 5.74) is 4.06. The highest BCUT2D eigenvalue weighted by Crippen LogP contribution is 2.30. The fraction of sp³-hybridized carbons (Fsp3) is 0.259. The van der Waals surface area contributed by atoms with Gasteiger partial charge in [-0.1, -0.05) is 36.4 Å². The summed E-state index contributed by atoms with van der Waals surface area (Å²) in [4.78, 5) is 31.9. The Morgan fingerprint density at radius 2 is 1.69 bits per heavy atom. The van der Waals surface area contributed by atoms with Crippen LogP contribution in [0.15, 0.2) is 77.8 Å². The van der Waals surface area contributed by atoms with E-state index in [2.05, 4.69) is 26.9 Å². The van der Waals surface area contributed by atoms with Gasteiger partial charge in [0.05, 0.1) is 23.6 Å². The number of rotatable bonds is 8. The zero-order chi connectivity index (χ0) is 24.6. The van der Waals surface area contributed by atoms with Crippen molar-refractivity contribution in [2.45, 2.75) is 13.3 Å². The number of carbonyl (C=O) groups is 1. The average molecular weight is 473 g/mol. The van der Waals surface area contributed by atoms with Crippen molar-refractivity contribution in [2.75, 3.05) is 42.6 Å². The lowest BCUT2D eigenvalue weighted by Crippen LogP contribution is -2.46. The molecule has 1 aliphatic heterocycles. The number of aliphatic imine (C=N–C) groups is 1. The minimum atomic E-state index is -0.333. The fourth-order valence-corrected chi connectivity index (χ4v) is 4.11. The lowest BCUT2D eigenvalue weighted by Gasteiger charge is -2.37. The molecule has 0 aromatic heterocycles. The van der Waals surface area contributed by atoms with Gasteiger partial charge in [-0.15, -0.1) is 0 Å². The van der Waals surface area contributed by atoms with E-state index in [0.29, 0.717) is 36.6 Å². The number of para-hydroxylation sites is 1. The van der Waals surface area contributed by atoms with Crippen molar-refractivity contribution in [2.24, 2.45) is 4.99 Å². The van der Waals surface area contributed by atoms with E-state index in [1.165, 1.54) is 5.69 Å². The first-order valence-corrected chi connectivity index (χ1v) is 11.7. The molecule has 0 radical (unpaired) electrons. The van der Waals surface area contributed by atoms with Crippen LogP contribution in [-0.4, -0.2) is 49.9 Å². The Balaban J connectivity index is 1.43. The number of esters is 1. The number of nitro benzene ring substituents is 1. The van der Waals surface area contributed by atoms with Gasteiger partial charge in [-0.2, -0.15) is 0 Å². The zero-order valence-electron chi connectivity index (χ0n) is 19.7. The number of hydrogen-bond acceptors (Lipinski definition) is 7. The second kappa shape index (κ2) is 11.3. The zero-order valence-corrected chi connectivity index (χ0v) is 19.7. The van der Waals surface area contributed by atoms with Crippen LogP contribution in [0.25, 0.3) is 0 Å². The van der Waals surface area contributed by atoms with Crippen molar-refractivity contribution < 1.29 is 14.5 Å². The number of hydrogen-bond donors (Lipinski definition) is 0. The normalized spacial score (nSPS) is 13.7. The Hall–Kier alpha value is -4.20. The first-order valence-electron chi connectivity index (χ1n) is 11.7. The topological polar surface area (TPSA) is 88.3 Å². The lowest BCUT2D eigenvalue weighted by atomic mass is 10.1. The van der Waals surface area contributed by atoms with Gasteiger partial charge in [0, 0.05) is 44.1 Å². The molecule has 0 aliphatic carbocycles. The summed E-state index contributed by atoms with van der Waals surface area (Å²) in [6.07, 6.45) is 1.83. The largest absolute Gasteiger partial charge is 0.466 e. The molecule has 3 aromatic carbocycles. The molecule has 1 heterocycles. The molecule has 35 heavy (non-hydrogen) atoms. The third-order valence-electron chi connectivity index (χ3n) is 5.89. The monoisotopic (exact) mass is 472 g/mol. The summed E-state index contributed by atoms with van der Waals surface area (Å²) in [5, 5.41) is 11.8.